The fourth-order valence-corrected chi connectivity index (χ4v) is 3.75. The first-order valence-corrected chi connectivity index (χ1v) is 10.9. The summed E-state index contributed by atoms with van der Waals surface area (Å²) >= 11 is 0. The van der Waals surface area contributed by atoms with Crippen LogP contribution in [0.15, 0.2) is 83.9 Å². The quantitative estimate of drug-likeness (QED) is 0.328. The van der Waals surface area contributed by atoms with Crippen molar-refractivity contribution in [1.82, 2.24) is 4.90 Å². The molecule has 1 aliphatic rings. The van der Waals surface area contributed by atoms with Crippen LogP contribution >= 0.6 is 0 Å². The van der Waals surface area contributed by atoms with Crippen molar-refractivity contribution in [2.24, 2.45) is 10.7 Å². The van der Waals surface area contributed by atoms with Gasteiger partial charge >= 0.3 is 0 Å². The molecule has 164 valence electrons. The number of aliphatic imine (C=N–C) groups is 1. The number of anilines is 1. The number of ether oxygens (including phenoxy) is 1. The summed E-state index contributed by atoms with van der Waals surface area (Å²) in [6.07, 6.45) is 2.06. The average molecular weight is 429 g/mol. The molecule has 4 rings (SSSR count). The van der Waals surface area contributed by atoms with Gasteiger partial charge in [0.25, 0.3) is 0 Å². The van der Waals surface area contributed by atoms with Gasteiger partial charge in [-0.2, -0.15) is 0 Å². The third-order valence-electron chi connectivity index (χ3n) is 5.40. The molecule has 0 atom stereocenters. The van der Waals surface area contributed by atoms with Crippen molar-refractivity contribution in [2.45, 2.75) is 25.8 Å². The number of amides is 1. The Balaban J connectivity index is 1.22. The van der Waals surface area contributed by atoms with E-state index in [1.807, 2.05) is 65.6 Å². The number of rotatable bonds is 7. The molecule has 1 aliphatic heterocycles. The Morgan fingerprint density at radius 3 is 2.56 bits per heavy atom. The molecular weight excluding hydrogens is 400 g/mol. The number of carbonyl (C=O) groups is 1. The van der Waals surface area contributed by atoms with E-state index in [-0.39, 0.29) is 5.91 Å². The van der Waals surface area contributed by atoms with Crippen LogP contribution < -0.4 is 15.8 Å². The molecule has 6 heteroatoms. The van der Waals surface area contributed by atoms with Crippen LogP contribution in [0.2, 0.25) is 0 Å². The van der Waals surface area contributed by atoms with Crippen LogP contribution in [0.1, 0.15) is 24.0 Å². The molecule has 0 unspecified atom stereocenters. The molecule has 1 heterocycles. The van der Waals surface area contributed by atoms with Crippen molar-refractivity contribution in [3.8, 4) is 11.5 Å². The SMILES string of the molecule is NC(=NCCCC(=O)N1CCc2ccccc2C1)Nc1cccc(Oc2ccccc2)c1. The number of guanidine groups is 1. The van der Waals surface area contributed by atoms with Gasteiger partial charge in [-0.1, -0.05) is 48.5 Å². The third kappa shape index (κ3) is 5.88. The zero-order chi connectivity index (χ0) is 22.2. The van der Waals surface area contributed by atoms with Crippen LogP contribution in [-0.2, 0) is 17.8 Å². The molecule has 3 aromatic carbocycles. The maximum atomic E-state index is 12.5. The van der Waals surface area contributed by atoms with Crippen molar-refractivity contribution in [1.29, 1.82) is 0 Å². The second-order valence-electron chi connectivity index (χ2n) is 7.77. The molecule has 0 aliphatic carbocycles. The zero-order valence-electron chi connectivity index (χ0n) is 18.0. The molecule has 0 fully saturated rings. The Kier molecular flexibility index (Phi) is 7.02. The van der Waals surface area contributed by atoms with E-state index in [9.17, 15) is 4.79 Å². The summed E-state index contributed by atoms with van der Waals surface area (Å²) in [4.78, 5) is 18.8. The number of nitrogens with two attached hydrogens (primary N) is 1. The van der Waals surface area contributed by atoms with Crippen molar-refractivity contribution in [3.05, 3.63) is 90.0 Å². The maximum absolute atomic E-state index is 12.5. The number of para-hydroxylation sites is 1. The van der Waals surface area contributed by atoms with E-state index in [0.29, 0.717) is 37.6 Å². The number of benzene rings is 3. The molecule has 3 aromatic rings. The Hall–Kier alpha value is -3.80. The predicted molar refractivity (Wildman–Crippen MR) is 128 cm³/mol. The van der Waals surface area contributed by atoms with E-state index in [0.717, 1.165) is 24.4 Å². The number of nitrogens with zero attached hydrogens (tertiary/aromatic N) is 2. The van der Waals surface area contributed by atoms with Gasteiger partial charge in [0.15, 0.2) is 5.96 Å². The van der Waals surface area contributed by atoms with Crippen LogP contribution in [0, 0.1) is 0 Å². The van der Waals surface area contributed by atoms with Gasteiger partial charge in [0, 0.05) is 37.8 Å². The highest BCUT2D eigenvalue weighted by Crippen LogP contribution is 2.24. The van der Waals surface area contributed by atoms with E-state index < -0.39 is 0 Å². The highest BCUT2D eigenvalue weighted by molar-refractivity contribution is 5.92. The number of hydrogen-bond acceptors (Lipinski definition) is 3. The lowest BCUT2D eigenvalue weighted by molar-refractivity contribution is -0.132. The lowest BCUT2D eigenvalue weighted by Gasteiger charge is -2.28. The summed E-state index contributed by atoms with van der Waals surface area (Å²) in [6, 6.07) is 25.5. The summed E-state index contributed by atoms with van der Waals surface area (Å²) in [5, 5.41) is 3.08. The molecule has 0 saturated carbocycles. The lowest BCUT2D eigenvalue weighted by Crippen LogP contribution is -2.35. The molecule has 0 radical (unpaired) electrons. The lowest BCUT2D eigenvalue weighted by atomic mass is 9.99. The first-order valence-electron chi connectivity index (χ1n) is 10.9. The Morgan fingerprint density at radius 1 is 0.969 bits per heavy atom. The second-order valence-corrected chi connectivity index (χ2v) is 7.77. The number of nitrogens with one attached hydrogen (secondary N) is 1. The van der Waals surface area contributed by atoms with Gasteiger partial charge in [-0.05, 0) is 48.2 Å². The minimum atomic E-state index is 0.173. The number of carbonyl (C=O) groups excluding carboxylic acids is 1. The van der Waals surface area contributed by atoms with Crippen molar-refractivity contribution in [3.63, 3.8) is 0 Å². The smallest absolute Gasteiger partial charge is 0.222 e. The molecule has 0 saturated heterocycles. The van der Waals surface area contributed by atoms with Crippen LogP contribution in [0.5, 0.6) is 11.5 Å². The van der Waals surface area contributed by atoms with Gasteiger partial charge < -0.3 is 20.7 Å². The highest BCUT2D eigenvalue weighted by atomic mass is 16.5. The first-order chi connectivity index (χ1) is 15.7. The summed E-state index contributed by atoms with van der Waals surface area (Å²) in [5.74, 6) is 1.98. The summed E-state index contributed by atoms with van der Waals surface area (Å²) in [7, 11) is 0. The van der Waals surface area contributed by atoms with E-state index in [1.54, 1.807) is 0 Å². The van der Waals surface area contributed by atoms with Gasteiger partial charge in [-0.3, -0.25) is 9.79 Å². The van der Waals surface area contributed by atoms with Crippen LogP contribution in [0.4, 0.5) is 5.69 Å². The fraction of sp³-hybridized carbons (Fsp3) is 0.231. The van der Waals surface area contributed by atoms with Gasteiger partial charge in [0.1, 0.15) is 11.5 Å². The Morgan fingerprint density at radius 2 is 1.72 bits per heavy atom. The summed E-state index contributed by atoms with van der Waals surface area (Å²) < 4.78 is 5.84. The summed E-state index contributed by atoms with van der Waals surface area (Å²) in [6.45, 7) is 1.97. The zero-order valence-corrected chi connectivity index (χ0v) is 18.0. The normalized spacial score (nSPS) is 13.4. The van der Waals surface area contributed by atoms with Crippen molar-refractivity contribution >= 4 is 17.6 Å². The summed E-state index contributed by atoms with van der Waals surface area (Å²) in [5.41, 5.74) is 9.41. The third-order valence-corrected chi connectivity index (χ3v) is 5.40. The van der Waals surface area contributed by atoms with Gasteiger partial charge in [0.2, 0.25) is 5.91 Å². The van der Waals surface area contributed by atoms with Crippen molar-refractivity contribution in [2.75, 3.05) is 18.4 Å². The van der Waals surface area contributed by atoms with Crippen molar-refractivity contribution < 1.29 is 9.53 Å². The Labute approximate surface area is 188 Å². The molecule has 0 spiro atoms. The molecule has 1 amide bonds. The predicted octanol–water partition coefficient (Wildman–Crippen LogP) is 4.57. The highest BCUT2D eigenvalue weighted by Gasteiger charge is 2.19. The van der Waals surface area contributed by atoms with Crippen LogP contribution in [0.25, 0.3) is 0 Å². The largest absolute Gasteiger partial charge is 0.457 e. The van der Waals surface area contributed by atoms with E-state index in [4.69, 9.17) is 10.5 Å². The second kappa shape index (κ2) is 10.5. The molecule has 3 N–H and O–H groups in total. The number of hydrogen-bond donors (Lipinski definition) is 2. The Bertz CT molecular complexity index is 1080. The minimum Gasteiger partial charge on any atom is -0.457 e. The molecule has 32 heavy (non-hydrogen) atoms. The monoisotopic (exact) mass is 428 g/mol. The van der Waals surface area contributed by atoms with Gasteiger partial charge in [-0.25, -0.2) is 0 Å². The first kappa shape index (κ1) is 21.4. The average Bonchev–Trinajstić information content (AvgIpc) is 2.82. The molecule has 6 nitrogen and oxygen atoms in total. The van der Waals surface area contributed by atoms with Gasteiger partial charge in [-0.15, -0.1) is 0 Å². The fourth-order valence-electron chi connectivity index (χ4n) is 3.75. The standard InChI is InChI=1S/C26H28N4O2/c27-26(29-22-10-6-13-24(18-22)32-23-11-2-1-3-12-23)28-16-7-14-25(31)30-17-15-20-8-4-5-9-21(20)19-30/h1-6,8-13,18H,7,14-17,19H2,(H3,27,28,29). The topological polar surface area (TPSA) is 80.0 Å². The molecular formula is C26H28N4O2. The van der Waals surface area contributed by atoms with Crippen LogP contribution in [0.3, 0.4) is 0 Å². The molecule has 0 bridgehead atoms. The van der Waals surface area contributed by atoms with E-state index in [2.05, 4.69) is 28.5 Å². The molecule has 0 aromatic heterocycles. The minimum absolute atomic E-state index is 0.173. The number of fused-ring (bicyclic) bond motifs is 1. The van der Waals surface area contributed by atoms with Crippen LogP contribution in [-0.4, -0.2) is 29.9 Å². The van der Waals surface area contributed by atoms with E-state index >= 15 is 0 Å². The maximum Gasteiger partial charge on any atom is 0.222 e. The van der Waals surface area contributed by atoms with Gasteiger partial charge in [0.05, 0.1) is 0 Å². The van der Waals surface area contributed by atoms with E-state index in [1.165, 1.54) is 11.1 Å².